The van der Waals surface area contributed by atoms with E-state index in [4.69, 9.17) is 9.84 Å². The lowest BCUT2D eigenvalue weighted by Gasteiger charge is -2.19. The van der Waals surface area contributed by atoms with Crippen LogP contribution in [0.15, 0.2) is 6.20 Å². The fraction of sp³-hybridized carbons (Fsp3) is 0.818. The zero-order valence-electron chi connectivity index (χ0n) is 10.8. The third-order valence-corrected chi connectivity index (χ3v) is 2.09. The van der Waals surface area contributed by atoms with Crippen LogP contribution in [-0.2, 0) is 17.8 Å². The Morgan fingerprint density at radius 1 is 1.41 bits per heavy atom. The first kappa shape index (κ1) is 14.1. The zero-order chi connectivity index (χ0) is 12.7. The molecular weight excluding hydrogens is 220 g/mol. The molecule has 0 aromatic carbocycles. The molecule has 1 aromatic rings. The standard InChI is InChI=1S/C11H22N4O2/c1-11(2,3)12-8-10-9-15(14-13-10)4-6-17-7-5-16/h9,12,16H,4-8H2,1-3H3. The molecule has 17 heavy (non-hydrogen) atoms. The number of hydrogen-bond donors (Lipinski definition) is 2. The Kier molecular flexibility index (Phi) is 5.54. The maximum absolute atomic E-state index is 8.55. The van der Waals surface area contributed by atoms with Crippen LogP contribution in [0.4, 0.5) is 0 Å². The molecule has 1 aromatic heterocycles. The first-order valence-corrected chi connectivity index (χ1v) is 5.84. The second-order valence-electron chi connectivity index (χ2n) is 4.91. The minimum absolute atomic E-state index is 0.0537. The van der Waals surface area contributed by atoms with Crippen molar-refractivity contribution >= 4 is 0 Å². The number of nitrogens with one attached hydrogen (secondary N) is 1. The van der Waals surface area contributed by atoms with Crippen LogP contribution < -0.4 is 5.32 Å². The monoisotopic (exact) mass is 242 g/mol. The third kappa shape index (κ3) is 6.35. The van der Waals surface area contributed by atoms with Gasteiger partial charge in [-0.2, -0.15) is 0 Å². The molecule has 0 unspecified atom stereocenters. The molecule has 98 valence electrons. The Balaban J connectivity index is 2.28. The van der Waals surface area contributed by atoms with Gasteiger partial charge in [0.05, 0.1) is 32.1 Å². The largest absolute Gasteiger partial charge is 0.394 e. The average molecular weight is 242 g/mol. The van der Waals surface area contributed by atoms with Gasteiger partial charge in [0.2, 0.25) is 0 Å². The molecule has 0 fully saturated rings. The molecule has 1 rings (SSSR count). The van der Waals surface area contributed by atoms with Gasteiger partial charge in [-0.1, -0.05) is 5.21 Å². The molecule has 0 atom stereocenters. The normalized spacial score (nSPS) is 12.0. The summed E-state index contributed by atoms with van der Waals surface area (Å²) in [4.78, 5) is 0. The number of aliphatic hydroxyl groups is 1. The molecule has 1 heterocycles. The van der Waals surface area contributed by atoms with Gasteiger partial charge in [0.15, 0.2) is 0 Å². The molecule has 0 saturated carbocycles. The predicted octanol–water partition coefficient (Wildman–Crippen LogP) is 0.175. The second kappa shape index (κ2) is 6.68. The van der Waals surface area contributed by atoms with Gasteiger partial charge in [0.1, 0.15) is 0 Å². The summed E-state index contributed by atoms with van der Waals surface area (Å²) < 4.78 is 6.90. The van der Waals surface area contributed by atoms with Crippen molar-refractivity contribution in [3.8, 4) is 0 Å². The first-order valence-electron chi connectivity index (χ1n) is 5.84. The lowest BCUT2D eigenvalue weighted by Crippen LogP contribution is -2.35. The van der Waals surface area contributed by atoms with Crippen molar-refractivity contribution in [1.29, 1.82) is 0 Å². The highest BCUT2D eigenvalue weighted by atomic mass is 16.5. The Hall–Kier alpha value is -0.980. The molecule has 0 radical (unpaired) electrons. The van der Waals surface area contributed by atoms with E-state index in [0.29, 0.717) is 26.3 Å². The van der Waals surface area contributed by atoms with Crippen LogP contribution in [-0.4, -0.2) is 45.5 Å². The van der Waals surface area contributed by atoms with E-state index in [2.05, 4.69) is 36.4 Å². The van der Waals surface area contributed by atoms with Crippen LogP contribution in [0.25, 0.3) is 0 Å². The fourth-order valence-electron chi connectivity index (χ4n) is 1.21. The van der Waals surface area contributed by atoms with E-state index in [0.717, 1.165) is 5.69 Å². The topological polar surface area (TPSA) is 72.2 Å². The van der Waals surface area contributed by atoms with Gasteiger partial charge in [0.25, 0.3) is 0 Å². The SMILES string of the molecule is CC(C)(C)NCc1cn(CCOCCO)nn1. The predicted molar refractivity (Wildman–Crippen MR) is 64.5 cm³/mol. The van der Waals surface area contributed by atoms with Gasteiger partial charge in [0, 0.05) is 18.3 Å². The van der Waals surface area contributed by atoms with Crippen LogP contribution in [0.5, 0.6) is 0 Å². The molecule has 0 saturated heterocycles. The zero-order valence-corrected chi connectivity index (χ0v) is 10.8. The molecule has 0 amide bonds. The molecule has 0 aliphatic rings. The quantitative estimate of drug-likeness (QED) is 0.667. The van der Waals surface area contributed by atoms with E-state index < -0.39 is 0 Å². The lowest BCUT2D eigenvalue weighted by atomic mass is 10.1. The Morgan fingerprint density at radius 3 is 2.82 bits per heavy atom. The van der Waals surface area contributed by atoms with Crippen molar-refractivity contribution in [2.75, 3.05) is 19.8 Å². The van der Waals surface area contributed by atoms with Gasteiger partial charge in [-0.25, -0.2) is 4.68 Å². The molecule has 0 spiro atoms. The Morgan fingerprint density at radius 2 is 2.18 bits per heavy atom. The summed E-state index contributed by atoms with van der Waals surface area (Å²) in [5, 5.41) is 20.0. The van der Waals surface area contributed by atoms with Crippen molar-refractivity contribution in [2.24, 2.45) is 0 Å². The lowest BCUT2D eigenvalue weighted by molar-refractivity contribution is 0.0851. The molecular formula is C11H22N4O2. The Bertz CT molecular complexity index is 320. The molecule has 0 aliphatic heterocycles. The summed E-state index contributed by atoms with van der Waals surface area (Å²) in [5.41, 5.74) is 0.996. The van der Waals surface area contributed by atoms with Gasteiger partial charge in [-0.3, -0.25) is 0 Å². The van der Waals surface area contributed by atoms with Crippen LogP contribution in [0.1, 0.15) is 26.5 Å². The van der Waals surface area contributed by atoms with E-state index in [9.17, 15) is 0 Å². The van der Waals surface area contributed by atoms with Crippen LogP contribution in [0.2, 0.25) is 0 Å². The molecule has 6 heteroatoms. The maximum atomic E-state index is 8.55. The van der Waals surface area contributed by atoms with Crippen LogP contribution in [0, 0.1) is 0 Å². The summed E-state index contributed by atoms with van der Waals surface area (Å²) in [7, 11) is 0. The van der Waals surface area contributed by atoms with Gasteiger partial charge >= 0.3 is 0 Å². The highest BCUT2D eigenvalue weighted by Crippen LogP contribution is 2.01. The number of rotatable bonds is 7. The van der Waals surface area contributed by atoms with Gasteiger partial charge in [-0.05, 0) is 20.8 Å². The maximum Gasteiger partial charge on any atom is 0.0965 e. The van der Waals surface area contributed by atoms with E-state index in [-0.39, 0.29) is 12.1 Å². The van der Waals surface area contributed by atoms with Gasteiger partial charge < -0.3 is 15.2 Å². The molecule has 0 bridgehead atoms. The van der Waals surface area contributed by atoms with E-state index in [1.165, 1.54) is 0 Å². The smallest absolute Gasteiger partial charge is 0.0965 e. The number of hydrogen-bond acceptors (Lipinski definition) is 5. The first-order chi connectivity index (χ1) is 8.01. The van der Waals surface area contributed by atoms with Crippen molar-refractivity contribution in [1.82, 2.24) is 20.3 Å². The van der Waals surface area contributed by atoms with Crippen molar-refractivity contribution in [3.05, 3.63) is 11.9 Å². The summed E-state index contributed by atoms with van der Waals surface area (Å²) in [5.74, 6) is 0. The van der Waals surface area contributed by atoms with E-state index in [1.54, 1.807) is 4.68 Å². The second-order valence-corrected chi connectivity index (χ2v) is 4.91. The summed E-state index contributed by atoms with van der Waals surface area (Å²) >= 11 is 0. The van der Waals surface area contributed by atoms with Crippen LogP contribution in [0.3, 0.4) is 0 Å². The van der Waals surface area contributed by atoms with Crippen molar-refractivity contribution in [2.45, 2.75) is 39.4 Å². The number of ether oxygens (including phenoxy) is 1. The Labute approximate surface area is 102 Å². The summed E-state index contributed by atoms with van der Waals surface area (Å²) in [6, 6.07) is 0. The number of aromatic nitrogens is 3. The number of aliphatic hydroxyl groups excluding tert-OH is 1. The average Bonchev–Trinajstić information content (AvgIpc) is 2.69. The molecule has 0 aliphatic carbocycles. The minimum Gasteiger partial charge on any atom is -0.394 e. The highest BCUT2D eigenvalue weighted by molar-refractivity contribution is 4.92. The van der Waals surface area contributed by atoms with E-state index in [1.807, 2.05) is 6.20 Å². The van der Waals surface area contributed by atoms with Gasteiger partial charge in [-0.15, -0.1) is 5.10 Å². The van der Waals surface area contributed by atoms with Crippen molar-refractivity contribution < 1.29 is 9.84 Å². The minimum atomic E-state index is 0.0537. The third-order valence-electron chi connectivity index (χ3n) is 2.09. The molecule has 2 N–H and O–H groups in total. The fourth-order valence-corrected chi connectivity index (χ4v) is 1.21. The van der Waals surface area contributed by atoms with Crippen LogP contribution >= 0.6 is 0 Å². The summed E-state index contributed by atoms with van der Waals surface area (Å²) in [6.45, 7) is 8.66. The van der Waals surface area contributed by atoms with E-state index >= 15 is 0 Å². The number of nitrogens with zero attached hydrogens (tertiary/aromatic N) is 3. The van der Waals surface area contributed by atoms with Crippen molar-refractivity contribution in [3.63, 3.8) is 0 Å². The highest BCUT2D eigenvalue weighted by Gasteiger charge is 2.09. The molecule has 6 nitrogen and oxygen atoms in total. The summed E-state index contributed by atoms with van der Waals surface area (Å²) in [6.07, 6.45) is 1.90.